The van der Waals surface area contributed by atoms with Gasteiger partial charge in [-0.05, 0) is 19.2 Å². The number of likely N-dealkylation sites (tertiary alicyclic amines) is 1. The minimum absolute atomic E-state index is 0.0225. The molecule has 3 atom stereocenters. The quantitative estimate of drug-likeness (QED) is 0.789. The average molecular weight is 314 g/mol. The molecule has 23 heavy (non-hydrogen) atoms. The third-order valence-electron chi connectivity index (χ3n) is 4.47. The summed E-state index contributed by atoms with van der Waals surface area (Å²) in [6, 6.07) is 9.30. The first kappa shape index (κ1) is 15.7. The van der Waals surface area contributed by atoms with Gasteiger partial charge in [0.25, 0.3) is 0 Å². The lowest BCUT2D eigenvalue weighted by molar-refractivity contribution is -0.129. The number of piperidine rings is 1. The molecule has 2 N–H and O–H groups in total. The molecule has 2 aliphatic heterocycles. The standard InChI is InChI=1S/C17H22N4O2/c1-3-9-18-16(22)13-10-20(2)11-14-15(13)19-21(17(14)23)12-7-5-4-6-8-12/h3-8,13-15,19H,1,9-11H2,2H3,(H,18,22). The number of hydrazine groups is 1. The second-order valence-electron chi connectivity index (χ2n) is 6.13. The number of anilines is 1. The fourth-order valence-electron chi connectivity index (χ4n) is 3.37. The van der Waals surface area contributed by atoms with Crippen molar-refractivity contribution >= 4 is 17.5 Å². The van der Waals surface area contributed by atoms with Gasteiger partial charge in [-0.3, -0.25) is 9.59 Å². The highest BCUT2D eigenvalue weighted by Gasteiger charge is 2.50. The lowest BCUT2D eigenvalue weighted by Gasteiger charge is -2.36. The number of para-hydroxylation sites is 1. The predicted octanol–water partition coefficient (Wildman–Crippen LogP) is 0.386. The van der Waals surface area contributed by atoms with E-state index >= 15 is 0 Å². The summed E-state index contributed by atoms with van der Waals surface area (Å²) in [6.45, 7) is 5.35. The van der Waals surface area contributed by atoms with Crippen molar-refractivity contribution in [3.05, 3.63) is 43.0 Å². The number of amides is 2. The number of nitrogens with zero attached hydrogens (tertiary/aromatic N) is 2. The van der Waals surface area contributed by atoms with Crippen LogP contribution >= 0.6 is 0 Å². The molecule has 2 amide bonds. The summed E-state index contributed by atoms with van der Waals surface area (Å²) in [5.74, 6) is -0.499. The normalized spacial score (nSPS) is 27.6. The Bertz CT molecular complexity index is 604. The molecule has 6 heteroatoms. The van der Waals surface area contributed by atoms with Crippen LogP contribution < -0.4 is 15.8 Å². The number of carbonyl (C=O) groups is 2. The van der Waals surface area contributed by atoms with Crippen LogP contribution in [0.15, 0.2) is 43.0 Å². The molecule has 2 heterocycles. The topological polar surface area (TPSA) is 64.7 Å². The van der Waals surface area contributed by atoms with Gasteiger partial charge in [-0.1, -0.05) is 24.3 Å². The number of hydrogen-bond acceptors (Lipinski definition) is 4. The highest BCUT2D eigenvalue weighted by molar-refractivity contribution is 5.98. The van der Waals surface area contributed by atoms with Crippen LogP contribution in [0.3, 0.4) is 0 Å². The Balaban J connectivity index is 1.82. The number of rotatable bonds is 4. The number of benzene rings is 1. The molecule has 3 unspecified atom stereocenters. The summed E-state index contributed by atoms with van der Waals surface area (Å²) in [7, 11) is 1.95. The van der Waals surface area contributed by atoms with Gasteiger partial charge >= 0.3 is 0 Å². The van der Waals surface area contributed by atoms with E-state index in [0.717, 1.165) is 5.69 Å². The first-order valence-corrected chi connectivity index (χ1v) is 7.84. The Morgan fingerprint density at radius 2 is 2.13 bits per heavy atom. The van der Waals surface area contributed by atoms with Crippen molar-refractivity contribution in [3.8, 4) is 0 Å². The SMILES string of the molecule is C=CCNC(=O)C1CN(C)CC2C(=O)N(c3ccccc3)NC12. The Morgan fingerprint density at radius 3 is 2.83 bits per heavy atom. The van der Waals surface area contributed by atoms with E-state index in [1.165, 1.54) is 0 Å². The van der Waals surface area contributed by atoms with Gasteiger partial charge in [-0.2, -0.15) is 0 Å². The van der Waals surface area contributed by atoms with Crippen LogP contribution in [-0.2, 0) is 9.59 Å². The van der Waals surface area contributed by atoms with Crippen LogP contribution in [0.25, 0.3) is 0 Å². The second-order valence-corrected chi connectivity index (χ2v) is 6.13. The van der Waals surface area contributed by atoms with Crippen molar-refractivity contribution in [3.63, 3.8) is 0 Å². The van der Waals surface area contributed by atoms with E-state index in [4.69, 9.17) is 0 Å². The summed E-state index contributed by atoms with van der Waals surface area (Å²) in [6.07, 6.45) is 1.66. The molecule has 0 aromatic heterocycles. The molecule has 6 nitrogen and oxygen atoms in total. The van der Waals surface area contributed by atoms with Gasteiger partial charge in [0, 0.05) is 19.6 Å². The van der Waals surface area contributed by atoms with Crippen LogP contribution in [0.4, 0.5) is 5.69 Å². The number of hydrogen-bond donors (Lipinski definition) is 2. The average Bonchev–Trinajstić information content (AvgIpc) is 2.90. The van der Waals surface area contributed by atoms with Crippen LogP contribution in [0.5, 0.6) is 0 Å². The van der Waals surface area contributed by atoms with E-state index in [1.54, 1.807) is 11.1 Å². The Kier molecular flexibility index (Phi) is 4.45. The van der Waals surface area contributed by atoms with E-state index in [1.807, 2.05) is 42.3 Å². The number of carbonyl (C=O) groups excluding carboxylic acids is 2. The van der Waals surface area contributed by atoms with Crippen molar-refractivity contribution in [2.75, 3.05) is 31.7 Å². The smallest absolute Gasteiger partial charge is 0.247 e. The second kappa shape index (κ2) is 6.52. The molecule has 2 aliphatic rings. The molecule has 1 aromatic rings. The van der Waals surface area contributed by atoms with Gasteiger partial charge in [0.2, 0.25) is 11.8 Å². The Morgan fingerprint density at radius 1 is 1.39 bits per heavy atom. The van der Waals surface area contributed by atoms with E-state index in [0.29, 0.717) is 19.6 Å². The highest BCUT2D eigenvalue weighted by Crippen LogP contribution is 2.31. The van der Waals surface area contributed by atoms with Crippen molar-refractivity contribution in [1.82, 2.24) is 15.6 Å². The zero-order valence-corrected chi connectivity index (χ0v) is 13.2. The highest BCUT2D eigenvalue weighted by atomic mass is 16.2. The molecular weight excluding hydrogens is 292 g/mol. The van der Waals surface area contributed by atoms with E-state index < -0.39 is 0 Å². The molecular formula is C17H22N4O2. The molecule has 122 valence electrons. The largest absolute Gasteiger partial charge is 0.352 e. The van der Waals surface area contributed by atoms with Crippen LogP contribution in [0.2, 0.25) is 0 Å². The third kappa shape index (κ3) is 3.00. The van der Waals surface area contributed by atoms with Crippen molar-refractivity contribution < 1.29 is 9.59 Å². The molecule has 0 spiro atoms. The fraction of sp³-hybridized carbons (Fsp3) is 0.412. The van der Waals surface area contributed by atoms with Gasteiger partial charge in [-0.25, -0.2) is 10.4 Å². The lowest BCUT2D eigenvalue weighted by Crippen LogP contribution is -2.56. The summed E-state index contributed by atoms with van der Waals surface area (Å²) >= 11 is 0. The summed E-state index contributed by atoms with van der Waals surface area (Å²) in [5.41, 5.74) is 4.06. The first-order valence-electron chi connectivity index (χ1n) is 7.84. The molecule has 0 radical (unpaired) electrons. The molecule has 0 bridgehead atoms. The number of fused-ring (bicyclic) bond motifs is 1. The monoisotopic (exact) mass is 314 g/mol. The van der Waals surface area contributed by atoms with Gasteiger partial charge in [-0.15, -0.1) is 6.58 Å². The van der Waals surface area contributed by atoms with Gasteiger partial charge in [0.05, 0.1) is 23.6 Å². The van der Waals surface area contributed by atoms with Crippen molar-refractivity contribution in [2.24, 2.45) is 11.8 Å². The lowest BCUT2D eigenvalue weighted by atomic mass is 9.84. The molecule has 3 rings (SSSR count). The molecule has 2 saturated heterocycles. The predicted molar refractivity (Wildman–Crippen MR) is 88.5 cm³/mol. The summed E-state index contributed by atoms with van der Waals surface area (Å²) in [4.78, 5) is 27.2. The third-order valence-corrected chi connectivity index (χ3v) is 4.47. The fourth-order valence-corrected chi connectivity index (χ4v) is 3.37. The molecule has 0 aliphatic carbocycles. The Labute approximate surface area is 136 Å². The molecule has 1 aromatic carbocycles. The van der Waals surface area contributed by atoms with Crippen LogP contribution in [-0.4, -0.2) is 49.4 Å². The van der Waals surface area contributed by atoms with Crippen LogP contribution in [0.1, 0.15) is 0 Å². The van der Waals surface area contributed by atoms with E-state index in [9.17, 15) is 9.59 Å². The van der Waals surface area contributed by atoms with Crippen molar-refractivity contribution in [1.29, 1.82) is 0 Å². The maximum Gasteiger partial charge on any atom is 0.247 e. The maximum atomic E-state index is 12.8. The maximum absolute atomic E-state index is 12.8. The zero-order chi connectivity index (χ0) is 16.4. The van der Waals surface area contributed by atoms with Gasteiger partial charge < -0.3 is 10.2 Å². The van der Waals surface area contributed by atoms with Crippen LogP contribution in [0, 0.1) is 11.8 Å². The first-order chi connectivity index (χ1) is 11.1. The Hall–Kier alpha value is -2.18. The molecule has 2 fully saturated rings. The van der Waals surface area contributed by atoms with E-state index in [-0.39, 0.29) is 29.7 Å². The summed E-state index contributed by atoms with van der Waals surface area (Å²) < 4.78 is 0. The molecule has 0 saturated carbocycles. The van der Waals surface area contributed by atoms with E-state index in [2.05, 4.69) is 17.3 Å². The minimum Gasteiger partial charge on any atom is -0.352 e. The number of nitrogens with one attached hydrogen (secondary N) is 2. The summed E-state index contributed by atoms with van der Waals surface area (Å²) in [5, 5.41) is 4.44. The van der Waals surface area contributed by atoms with Crippen molar-refractivity contribution in [2.45, 2.75) is 6.04 Å². The zero-order valence-electron chi connectivity index (χ0n) is 13.2. The minimum atomic E-state index is -0.267. The van der Waals surface area contributed by atoms with Gasteiger partial charge in [0.1, 0.15) is 0 Å². The van der Waals surface area contributed by atoms with Gasteiger partial charge in [0.15, 0.2) is 0 Å².